The van der Waals surface area contributed by atoms with Crippen LogP contribution in [-0.2, 0) is 16.6 Å². The molecular formula is C14H17N3O2S. The number of anilines is 1. The molecule has 6 heteroatoms. The Bertz CT molecular complexity index is 685. The van der Waals surface area contributed by atoms with E-state index in [1.54, 1.807) is 43.5 Å². The van der Waals surface area contributed by atoms with Gasteiger partial charge >= 0.3 is 0 Å². The normalized spacial score (nSPS) is 11.3. The van der Waals surface area contributed by atoms with Crippen LogP contribution >= 0.6 is 0 Å². The van der Waals surface area contributed by atoms with Crippen molar-refractivity contribution in [1.82, 2.24) is 10.3 Å². The average Bonchev–Trinajstić information content (AvgIpc) is 2.42. The molecule has 5 nitrogen and oxygen atoms in total. The second-order valence-electron chi connectivity index (χ2n) is 4.39. The summed E-state index contributed by atoms with van der Waals surface area (Å²) in [5.41, 5.74) is 1.70. The van der Waals surface area contributed by atoms with Crippen molar-refractivity contribution in [3.63, 3.8) is 0 Å². The fourth-order valence-corrected chi connectivity index (χ4v) is 3.25. The largest absolute Gasteiger partial charge is 0.316 e. The number of benzene rings is 1. The summed E-state index contributed by atoms with van der Waals surface area (Å²) >= 11 is 0. The van der Waals surface area contributed by atoms with Gasteiger partial charge in [0.25, 0.3) is 10.0 Å². The molecule has 1 aromatic heterocycles. The highest BCUT2D eigenvalue weighted by atomic mass is 32.2. The van der Waals surface area contributed by atoms with Gasteiger partial charge < -0.3 is 5.32 Å². The Balaban J connectivity index is 2.37. The van der Waals surface area contributed by atoms with Crippen LogP contribution in [0.2, 0.25) is 0 Å². The summed E-state index contributed by atoms with van der Waals surface area (Å²) in [6.07, 6.45) is 1.54. The molecule has 0 aliphatic carbocycles. The lowest BCUT2D eigenvalue weighted by Gasteiger charge is -2.12. The van der Waals surface area contributed by atoms with Crippen LogP contribution in [0.25, 0.3) is 0 Å². The van der Waals surface area contributed by atoms with E-state index in [1.165, 1.54) is 0 Å². The second kappa shape index (κ2) is 6.02. The van der Waals surface area contributed by atoms with Gasteiger partial charge in [0.05, 0.1) is 4.90 Å². The Morgan fingerprint density at radius 3 is 2.60 bits per heavy atom. The monoisotopic (exact) mass is 291 g/mol. The van der Waals surface area contributed by atoms with Crippen LogP contribution in [0, 0.1) is 6.92 Å². The second-order valence-corrected chi connectivity index (χ2v) is 6.04. The zero-order chi connectivity index (χ0) is 14.6. The third-order valence-electron chi connectivity index (χ3n) is 2.96. The molecule has 106 valence electrons. The van der Waals surface area contributed by atoms with E-state index in [1.807, 2.05) is 13.1 Å². The molecule has 0 amide bonds. The smallest absolute Gasteiger partial charge is 0.263 e. The van der Waals surface area contributed by atoms with Gasteiger partial charge in [0.15, 0.2) is 0 Å². The fraction of sp³-hybridized carbons (Fsp3) is 0.214. The molecule has 0 bridgehead atoms. The Morgan fingerprint density at radius 2 is 1.95 bits per heavy atom. The number of hydrogen-bond acceptors (Lipinski definition) is 4. The lowest BCUT2D eigenvalue weighted by atomic mass is 10.1. The minimum Gasteiger partial charge on any atom is -0.316 e. The Labute approximate surface area is 119 Å². The maximum atomic E-state index is 12.4. The number of aromatic nitrogens is 1. The van der Waals surface area contributed by atoms with Crippen LogP contribution in [0.5, 0.6) is 0 Å². The Morgan fingerprint density at radius 1 is 1.15 bits per heavy atom. The molecule has 0 radical (unpaired) electrons. The molecule has 0 aliphatic heterocycles. The number of nitrogens with zero attached hydrogens (tertiary/aromatic N) is 1. The average molecular weight is 291 g/mol. The van der Waals surface area contributed by atoms with E-state index in [0.29, 0.717) is 12.4 Å². The maximum absolute atomic E-state index is 12.4. The minimum atomic E-state index is -3.63. The first-order valence-corrected chi connectivity index (χ1v) is 7.70. The molecular weight excluding hydrogens is 274 g/mol. The molecule has 0 saturated heterocycles. The SMILES string of the molecule is CNCc1cccc(S(=O)(=O)Nc2ccccn2)c1C. The first-order valence-electron chi connectivity index (χ1n) is 6.21. The summed E-state index contributed by atoms with van der Waals surface area (Å²) in [5, 5.41) is 3.03. The van der Waals surface area contributed by atoms with Crippen molar-refractivity contribution < 1.29 is 8.42 Å². The number of pyridine rings is 1. The van der Waals surface area contributed by atoms with Crippen molar-refractivity contribution in [2.24, 2.45) is 0 Å². The van der Waals surface area contributed by atoms with Gasteiger partial charge in [-0.3, -0.25) is 4.72 Å². The van der Waals surface area contributed by atoms with Gasteiger partial charge in [-0.15, -0.1) is 0 Å². The van der Waals surface area contributed by atoms with E-state index in [4.69, 9.17) is 0 Å². The fourth-order valence-electron chi connectivity index (χ4n) is 1.95. The van der Waals surface area contributed by atoms with Gasteiger partial charge in [-0.1, -0.05) is 18.2 Å². The van der Waals surface area contributed by atoms with Gasteiger partial charge in [-0.25, -0.2) is 13.4 Å². The maximum Gasteiger partial charge on any atom is 0.263 e. The topological polar surface area (TPSA) is 71.1 Å². The van der Waals surface area contributed by atoms with Crippen molar-refractivity contribution in [2.45, 2.75) is 18.4 Å². The molecule has 2 rings (SSSR count). The highest BCUT2D eigenvalue weighted by Gasteiger charge is 2.18. The van der Waals surface area contributed by atoms with Gasteiger partial charge in [0.2, 0.25) is 0 Å². The van der Waals surface area contributed by atoms with Gasteiger partial charge in [0.1, 0.15) is 5.82 Å². The molecule has 0 fully saturated rings. The number of sulfonamides is 1. The predicted octanol–water partition coefficient (Wildman–Crippen LogP) is 1.91. The van der Waals surface area contributed by atoms with E-state index in [9.17, 15) is 8.42 Å². The van der Waals surface area contributed by atoms with Gasteiger partial charge in [0, 0.05) is 12.7 Å². The molecule has 1 heterocycles. The standard InChI is InChI=1S/C14H17N3O2S/c1-11-12(10-15-2)6-5-7-13(11)20(18,19)17-14-8-3-4-9-16-14/h3-9,15H,10H2,1-2H3,(H,16,17). The molecule has 0 atom stereocenters. The lowest BCUT2D eigenvalue weighted by Crippen LogP contribution is -2.16. The first kappa shape index (κ1) is 14.5. The summed E-state index contributed by atoms with van der Waals surface area (Å²) in [7, 11) is -1.80. The molecule has 0 saturated carbocycles. The highest BCUT2D eigenvalue weighted by molar-refractivity contribution is 7.92. The first-order chi connectivity index (χ1) is 9.54. The number of hydrogen-bond donors (Lipinski definition) is 2. The van der Waals surface area contributed by atoms with Crippen LogP contribution in [0.3, 0.4) is 0 Å². The van der Waals surface area contributed by atoms with Crippen molar-refractivity contribution in [1.29, 1.82) is 0 Å². The third-order valence-corrected chi connectivity index (χ3v) is 4.46. The summed E-state index contributed by atoms with van der Waals surface area (Å²) < 4.78 is 27.3. The molecule has 0 unspecified atom stereocenters. The highest BCUT2D eigenvalue weighted by Crippen LogP contribution is 2.21. The van der Waals surface area contributed by atoms with Crippen LogP contribution in [0.4, 0.5) is 5.82 Å². The zero-order valence-corrected chi connectivity index (χ0v) is 12.2. The third kappa shape index (κ3) is 3.15. The summed E-state index contributed by atoms with van der Waals surface area (Å²) in [6, 6.07) is 10.3. The Hall–Kier alpha value is -1.92. The molecule has 2 N–H and O–H groups in total. The summed E-state index contributed by atoms with van der Waals surface area (Å²) in [4.78, 5) is 4.25. The van der Waals surface area contributed by atoms with E-state index in [2.05, 4.69) is 15.0 Å². The lowest BCUT2D eigenvalue weighted by molar-refractivity contribution is 0.600. The van der Waals surface area contributed by atoms with Crippen LogP contribution < -0.4 is 10.0 Å². The van der Waals surface area contributed by atoms with Crippen molar-refractivity contribution in [2.75, 3.05) is 11.8 Å². The van der Waals surface area contributed by atoms with E-state index < -0.39 is 10.0 Å². The quantitative estimate of drug-likeness (QED) is 0.883. The molecule has 1 aromatic carbocycles. The molecule has 20 heavy (non-hydrogen) atoms. The van der Waals surface area contributed by atoms with Crippen LogP contribution in [0.15, 0.2) is 47.5 Å². The van der Waals surface area contributed by atoms with E-state index >= 15 is 0 Å². The molecule has 0 spiro atoms. The summed E-state index contributed by atoms with van der Waals surface area (Å²) in [5.74, 6) is 0.311. The molecule has 0 aliphatic rings. The number of nitrogens with one attached hydrogen (secondary N) is 2. The van der Waals surface area contributed by atoms with Gasteiger partial charge in [-0.05, 0) is 43.3 Å². The van der Waals surface area contributed by atoms with Crippen LogP contribution in [-0.4, -0.2) is 20.4 Å². The zero-order valence-electron chi connectivity index (χ0n) is 11.4. The summed E-state index contributed by atoms with van der Waals surface area (Å²) in [6.45, 7) is 2.43. The van der Waals surface area contributed by atoms with E-state index in [0.717, 1.165) is 11.1 Å². The van der Waals surface area contributed by atoms with Crippen molar-refractivity contribution in [3.05, 3.63) is 53.7 Å². The number of rotatable bonds is 5. The van der Waals surface area contributed by atoms with Crippen LogP contribution in [0.1, 0.15) is 11.1 Å². The van der Waals surface area contributed by atoms with Gasteiger partial charge in [-0.2, -0.15) is 0 Å². The van der Waals surface area contributed by atoms with E-state index in [-0.39, 0.29) is 4.90 Å². The predicted molar refractivity (Wildman–Crippen MR) is 79.0 cm³/mol. The van der Waals surface area contributed by atoms with Crippen molar-refractivity contribution in [3.8, 4) is 0 Å². The molecule has 2 aromatic rings. The minimum absolute atomic E-state index is 0.274. The van der Waals surface area contributed by atoms with Crippen molar-refractivity contribution >= 4 is 15.8 Å². The Kier molecular flexibility index (Phi) is 4.36.